The fraction of sp³-hybridized carbons (Fsp3) is 0.778. The lowest BCUT2D eigenvalue weighted by atomic mass is 10.3. The molecule has 1 aromatic heterocycles. The van der Waals surface area contributed by atoms with Crippen molar-refractivity contribution in [3.63, 3.8) is 0 Å². The normalized spacial score (nSPS) is 23.9. The minimum absolute atomic E-state index is 0.0655. The third-order valence-electron chi connectivity index (χ3n) is 2.98. The second-order valence-electron chi connectivity index (χ2n) is 4.23. The molecule has 1 aliphatic rings. The molecular formula is C9H16N4O2S2. The van der Waals surface area contributed by atoms with Crippen LogP contribution in [-0.2, 0) is 16.4 Å². The van der Waals surface area contributed by atoms with Crippen molar-refractivity contribution in [3.8, 4) is 0 Å². The van der Waals surface area contributed by atoms with Crippen LogP contribution < -0.4 is 4.90 Å². The van der Waals surface area contributed by atoms with Gasteiger partial charge in [-0.2, -0.15) is 0 Å². The molecule has 0 amide bonds. The molecule has 1 atom stereocenters. The van der Waals surface area contributed by atoms with E-state index in [9.17, 15) is 8.42 Å². The molecule has 1 N–H and O–H groups in total. The summed E-state index contributed by atoms with van der Waals surface area (Å²) in [5, 5.41) is 6.94. The largest absolute Gasteiger partial charge is 0.336 e. The summed E-state index contributed by atoms with van der Waals surface area (Å²) in [5.41, 5.74) is 0. The third-order valence-corrected chi connectivity index (χ3v) is 5.09. The molecule has 1 aliphatic heterocycles. The van der Waals surface area contributed by atoms with Gasteiger partial charge in [-0.1, -0.05) is 0 Å². The highest BCUT2D eigenvalue weighted by Gasteiger charge is 2.30. The molecule has 0 saturated carbocycles. The van der Waals surface area contributed by atoms with Crippen LogP contribution in [0.1, 0.15) is 13.8 Å². The summed E-state index contributed by atoms with van der Waals surface area (Å²) in [6, 6.07) is -0.0655. The summed E-state index contributed by atoms with van der Waals surface area (Å²) < 4.78 is 25.5. The second-order valence-corrected chi connectivity index (χ2v) is 6.85. The van der Waals surface area contributed by atoms with Crippen LogP contribution in [0.3, 0.4) is 0 Å². The molecule has 8 heteroatoms. The van der Waals surface area contributed by atoms with E-state index in [1.165, 1.54) is 0 Å². The molecule has 0 bridgehead atoms. The van der Waals surface area contributed by atoms with E-state index in [0.29, 0.717) is 11.3 Å². The van der Waals surface area contributed by atoms with Crippen LogP contribution in [0.5, 0.6) is 0 Å². The molecule has 2 rings (SSSR count). The maximum atomic E-state index is 11.5. The van der Waals surface area contributed by atoms with Gasteiger partial charge in [-0.15, -0.1) is 5.10 Å². The van der Waals surface area contributed by atoms with Crippen LogP contribution in [0.4, 0.5) is 5.95 Å². The van der Waals surface area contributed by atoms with E-state index in [-0.39, 0.29) is 17.5 Å². The van der Waals surface area contributed by atoms with E-state index in [2.05, 4.69) is 10.2 Å². The van der Waals surface area contributed by atoms with Crippen molar-refractivity contribution in [2.75, 3.05) is 23.0 Å². The van der Waals surface area contributed by atoms with Gasteiger partial charge >= 0.3 is 0 Å². The zero-order chi connectivity index (χ0) is 12.6. The van der Waals surface area contributed by atoms with Crippen molar-refractivity contribution in [3.05, 3.63) is 4.77 Å². The number of aromatic nitrogens is 3. The van der Waals surface area contributed by atoms with Crippen LogP contribution in [-0.4, -0.2) is 47.3 Å². The zero-order valence-electron chi connectivity index (χ0n) is 9.88. The molecule has 0 aromatic carbocycles. The summed E-state index contributed by atoms with van der Waals surface area (Å²) >= 11 is 5.13. The average Bonchev–Trinajstić information content (AvgIpc) is 2.58. The van der Waals surface area contributed by atoms with Crippen molar-refractivity contribution in [1.29, 1.82) is 0 Å². The highest BCUT2D eigenvalue weighted by molar-refractivity contribution is 7.91. The Balaban J connectivity index is 2.32. The van der Waals surface area contributed by atoms with Crippen LogP contribution in [0, 0.1) is 4.77 Å². The van der Waals surface area contributed by atoms with E-state index in [1.807, 2.05) is 23.3 Å². The van der Waals surface area contributed by atoms with Gasteiger partial charge in [0.2, 0.25) is 5.95 Å². The summed E-state index contributed by atoms with van der Waals surface area (Å²) in [5.74, 6) is 1.09. The highest BCUT2D eigenvalue weighted by Crippen LogP contribution is 2.19. The summed E-state index contributed by atoms with van der Waals surface area (Å²) in [7, 11) is -2.90. The van der Waals surface area contributed by atoms with E-state index < -0.39 is 9.84 Å². The minimum Gasteiger partial charge on any atom is -0.336 e. The van der Waals surface area contributed by atoms with Gasteiger partial charge in [0.25, 0.3) is 0 Å². The number of sulfone groups is 1. The highest BCUT2D eigenvalue weighted by atomic mass is 32.2. The molecule has 0 radical (unpaired) electrons. The van der Waals surface area contributed by atoms with Gasteiger partial charge < -0.3 is 4.90 Å². The molecule has 0 spiro atoms. The van der Waals surface area contributed by atoms with Crippen LogP contribution in [0.25, 0.3) is 0 Å². The standard InChI is InChI=1S/C9H16N4O2S2/c1-3-12-8(10-11-9(12)16)13-4-5-17(14,15)6-7(13)2/h7H,3-6H2,1-2H3,(H,11,16). The van der Waals surface area contributed by atoms with Crippen molar-refractivity contribution >= 4 is 28.0 Å². The number of anilines is 1. The quantitative estimate of drug-likeness (QED) is 0.800. The van der Waals surface area contributed by atoms with Crippen LogP contribution >= 0.6 is 12.2 Å². The van der Waals surface area contributed by atoms with E-state index >= 15 is 0 Å². The summed E-state index contributed by atoms with van der Waals surface area (Å²) in [6.07, 6.45) is 0. The first-order valence-corrected chi connectivity index (χ1v) is 7.80. The molecular weight excluding hydrogens is 260 g/mol. The Morgan fingerprint density at radius 3 is 2.88 bits per heavy atom. The number of hydrogen-bond donors (Lipinski definition) is 1. The van der Waals surface area contributed by atoms with Crippen molar-refractivity contribution < 1.29 is 8.42 Å². The number of H-pyrrole nitrogens is 1. The maximum Gasteiger partial charge on any atom is 0.226 e. The van der Waals surface area contributed by atoms with Gasteiger partial charge in [0.05, 0.1) is 11.5 Å². The molecule has 1 saturated heterocycles. The Morgan fingerprint density at radius 2 is 2.29 bits per heavy atom. The van der Waals surface area contributed by atoms with Gasteiger partial charge in [-0.3, -0.25) is 4.57 Å². The smallest absolute Gasteiger partial charge is 0.226 e. The van der Waals surface area contributed by atoms with Gasteiger partial charge in [-0.05, 0) is 26.1 Å². The van der Waals surface area contributed by atoms with Gasteiger partial charge in [0, 0.05) is 19.1 Å². The summed E-state index contributed by atoms with van der Waals surface area (Å²) in [6.45, 7) is 5.08. The minimum atomic E-state index is -2.90. The van der Waals surface area contributed by atoms with Crippen LogP contribution in [0.2, 0.25) is 0 Å². The first-order valence-electron chi connectivity index (χ1n) is 5.57. The van der Waals surface area contributed by atoms with E-state index in [1.54, 1.807) is 0 Å². The SMILES string of the molecule is CCn1c(N2CCS(=O)(=O)CC2C)n[nH]c1=S. The van der Waals surface area contributed by atoms with E-state index in [0.717, 1.165) is 12.5 Å². The fourth-order valence-electron chi connectivity index (χ4n) is 2.11. The molecule has 96 valence electrons. The van der Waals surface area contributed by atoms with Gasteiger partial charge in [0.1, 0.15) is 0 Å². The molecule has 1 fully saturated rings. The number of nitrogens with zero attached hydrogens (tertiary/aromatic N) is 3. The molecule has 2 heterocycles. The van der Waals surface area contributed by atoms with Crippen molar-refractivity contribution in [2.24, 2.45) is 0 Å². The Bertz CT molecular complexity index is 560. The predicted molar refractivity (Wildman–Crippen MR) is 68.5 cm³/mol. The Morgan fingerprint density at radius 1 is 1.59 bits per heavy atom. The van der Waals surface area contributed by atoms with Crippen molar-refractivity contribution in [1.82, 2.24) is 14.8 Å². The van der Waals surface area contributed by atoms with Gasteiger partial charge in [-0.25, -0.2) is 13.5 Å². The van der Waals surface area contributed by atoms with E-state index in [4.69, 9.17) is 12.2 Å². The lowest BCUT2D eigenvalue weighted by Crippen LogP contribution is -2.48. The molecule has 6 nitrogen and oxygen atoms in total. The zero-order valence-corrected chi connectivity index (χ0v) is 11.5. The number of hydrogen-bond acceptors (Lipinski definition) is 5. The third kappa shape index (κ3) is 2.37. The fourth-order valence-corrected chi connectivity index (χ4v) is 3.92. The molecule has 1 aromatic rings. The molecule has 1 unspecified atom stereocenters. The second kappa shape index (κ2) is 4.41. The Hall–Kier alpha value is -0.890. The number of aromatic amines is 1. The topological polar surface area (TPSA) is 71.0 Å². The monoisotopic (exact) mass is 276 g/mol. The average molecular weight is 276 g/mol. The Labute approximate surface area is 106 Å². The lowest BCUT2D eigenvalue weighted by molar-refractivity contribution is 0.559. The first kappa shape index (κ1) is 12.6. The lowest BCUT2D eigenvalue weighted by Gasteiger charge is -2.33. The van der Waals surface area contributed by atoms with Gasteiger partial charge in [0.15, 0.2) is 14.6 Å². The maximum absolute atomic E-state index is 11.5. The van der Waals surface area contributed by atoms with Crippen LogP contribution in [0.15, 0.2) is 0 Å². The molecule has 17 heavy (non-hydrogen) atoms. The predicted octanol–water partition coefficient (Wildman–Crippen LogP) is 0.584. The van der Waals surface area contributed by atoms with Crippen molar-refractivity contribution in [2.45, 2.75) is 26.4 Å². The summed E-state index contributed by atoms with van der Waals surface area (Å²) in [4.78, 5) is 2.00. The number of nitrogens with one attached hydrogen (secondary N) is 1. The number of rotatable bonds is 2. The Kier molecular flexibility index (Phi) is 3.26. The molecule has 0 aliphatic carbocycles. The first-order chi connectivity index (χ1) is 7.94.